The van der Waals surface area contributed by atoms with Crippen LogP contribution in [0.15, 0.2) is 18.2 Å². The van der Waals surface area contributed by atoms with Crippen LogP contribution >= 0.6 is 0 Å². The lowest BCUT2D eigenvalue weighted by Gasteiger charge is -2.44. The number of nitrogens with one attached hydrogen (secondary N) is 1. The zero-order valence-corrected chi connectivity index (χ0v) is 21.1. The molecule has 2 unspecified atom stereocenters. The Morgan fingerprint density at radius 1 is 1.21 bits per heavy atom. The van der Waals surface area contributed by atoms with Crippen LogP contribution in [0.1, 0.15) is 91.2 Å². The number of fused-ring (bicyclic) bond motifs is 1. The topological polar surface area (TPSA) is 82.8 Å². The van der Waals surface area contributed by atoms with Crippen molar-refractivity contribution >= 4 is 11.7 Å². The molecule has 6 atom stereocenters. The van der Waals surface area contributed by atoms with E-state index in [1.54, 1.807) is 0 Å². The van der Waals surface area contributed by atoms with E-state index >= 15 is 0 Å². The Kier molecular flexibility index (Phi) is 9.45. The van der Waals surface area contributed by atoms with Gasteiger partial charge < -0.3 is 19.6 Å². The first-order valence-electron chi connectivity index (χ1n) is 13.0. The highest BCUT2D eigenvalue weighted by Gasteiger charge is 2.44. The van der Waals surface area contributed by atoms with Gasteiger partial charge in [0.1, 0.15) is 11.8 Å². The molecule has 1 saturated carbocycles. The van der Waals surface area contributed by atoms with Crippen molar-refractivity contribution in [3.05, 3.63) is 23.8 Å². The summed E-state index contributed by atoms with van der Waals surface area (Å²) in [5.41, 5.74) is 1.93. The molecule has 0 bridgehead atoms. The molecule has 0 radical (unpaired) electrons. The van der Waals surface area contributed by atoms with Crippen LogP contribution in [-0.4, -0.2) is 24.7 Å². The Bertz CT molecular complexity index is 768. The molecule has 1 heterocycles. The molecule has 186 valence electrons. The van der Waals surface area contributed by atoms with Gasteiger partial charge in [0, 0.05) is 17.2 Å². The standard InChI is InChI=1S/C27H44N2O4/c1-6-8-9-10-21-25(27(30)31-7-2)29-23-14-12-19(33-28)16-22(23)26(21)32-24-15-18(5)11-13-20(24)17(3)4/h12,14,16-18,20-21,24-26,29H,6-11,13,15,28H2,1-5H3/t18-,20?,21?,24-,25+,26-/m1/s1. The van der Waals surface area contributed by atoms with Crippen LogP contribution in [0.25, 0.3) is 0 Å². The maximum atomic E-state index is 13.1. The molecule has 33 heavy (non-hydrogen) atoms. The van der Waals surface area contributed by atoms with Crippen LogP contribution in [0.4, 0.5) is 5.69 Å². The summed E-state index contributed by atoms with van der Waals surface area (Å²) in [6, 6.07) is 5.30. The molecule has 0 saturated heterocycles. The second kappa shape index (κ2) is 12.1. The SMILES string of the molecule is CCCCCC1[C@@H](C(=O)OCC)Nc2ccc(ON)cc2[C@@H]1O[C@@H]1C[C@H](C)CCC1C(C)C. The van der Waals surface area contributed by atoms with Gasteiger partial charge >= 0.3 is 5.97 Å². The number of anilines is 1. The lowest BCUT2D eigenvalue weighted by atomic mass is 9.74. The smallest absolute Gasteiger partial charge is 0.328 e. The van der Waals surface area contributed by atoms with Gasteiger partial charge in [-0.25, -0.2) is 4.79 Å². The number of carbonyl (C=O) groups is 1. The Balaban J connectivity index is 2.00. The molecule has 1 fully saturated rings. The zero-order chi connectivity index (χ0) is 24.0. The third kappa shape index (κ3) is 6.21. The van der Waals surface area contributed by atoms with Crippen LogP contribution < -0.4 is 16.1 Å². The average molecular weight is 461 g/mol. The van der Waals surface area contributed by atoms with Gasteiger partial charge in [-0.05, 0) is 62.1 Å². The van der Waals surface area contributed by atoms with Gasteiger partial charge in [-0.2, -0.15) is 5.90 Å². The number of unbranched alkanes of at least 4 members (excludes halogenated alkanes) is 2. The van der Waals surface area contributed by atoms with Gasteiger partial charge in [0.15, 0.2) is 0 Å². The number of rotatable bonds is 10. The maximum absolute atomic E-state index is 13.1. The molecule has 0 aromatic heterocycles. The van der Waals surface area contributed by atoms with Gasteiger partial charge in [0.05, 0.1) is 18.8 Å². The highest BCUT2D eigenvalue weighted by molar-refractivity contribution is 5.81. The van der Waals surface area contributed by atoms with Crippen molar-refractivity contribution in [1.29, 1.82) is 0 Å². The van der Waals surface area contributed by atoms with Crippen LogP contribution in [0.5, 0.6) is 5.75 Å². The fourth-order valence-corrected chi connectivity index (χ4v) is 5.71. The molecule has 1 aromatic carbocycles. The Hall–Kier alpha value is -1.79. The van der Waals surface area contributed by atoms with Gasteiger partial charge in [-0.3, -0.25) is 0 Å². The summed E-state index contributed by atoms with van der Waals surface area (Å²) >= 11 is 0. The number of nitrogens with two attached hydrogens (primary N) is 1. The number of carbonyl (C=O) groups excluding carboxylic acids is 1. The number of ether oxygens (including phenoxy) is 2. The van der Waals surface area contributed by atoms with Gasteiger partial charge in [0.25, 0.3) is 0 Å². The Labute approximate surface area is 199 Å². The number of hydrogen-bond donors (Lipinski definition) is 2. The van der Waals surface area contributed by atoms with E-state index in [0.717, 1.165) is 43.4 Å². The van der Waals surface area contributed by atoms with Gasteiger partial charge in [0.2, 0.25) is 0 Å². The summed E-state index contributed by atoms with van der Waals surface area (Å²) in [7, 11) is 0. The fraction of sp³-hybridized carbons (Fsp3) is 0.741. The van der Waals surface area contributed by atoms with E-state index in [-0.39, 0.29) is 24.1 Å². The second-order valence-electron chi connectivity index (χ2n) is 10.3. The average Bonchev–Trinajstić information content (AvgIpc) is 2.79. The molecule has 1 aromatic rings. The first-order chi connectivity index (χ1) is 15.9. The molecular weight excluding hydrogens is 416 g/mol. The van der Waals surface area contributed by atoms with Crippen molar-refractivity contribution in [2.24, 2.45) is 29.6 Å². The third-order valence-electron chi connectivity index (χ3n) is 7.56. The fourth-order valence-electron chi connectivity index (χ4n) is 5.71. The minimum atomic E-state index is -0.428. The molecule has 6 nitrogen and oxygen atoms in total. The first-order valence-corrected chi connectivity index (χ1v) is 13.0. The quantitative estimate of drug-likeness (QED) is 0.253. The molecule has 0 spiro atoms. The van der Waals surface area contributed by atoms with Crippen LogP contribution in [0.2, 0.25) is 0 Å². The lowest BCUT2D eigenvalue weighted by Crippen LogP contribution is -2.47. The summed E-state index contributed by atoms with van der Waals surface area (Å²) in [5.74, 6) is 7.61. The number of benzene rings is 1. The van der Waals surface area contributed by atoms with Crippen LogP contribution in [0.3, 0.4) is 0 Å². The lowest BCUT2D eigenvalue weighted by molar-refractivity contribution is -0.151. The normalized spacial score (nSPS) is 29.3. The maximum Gasteiger partial charge on any atom is 0.328 e. The predicted octanol–water partition coefficient (Wildman–Crippen LogP) is 6.01. The van der Waals surface area contributed by atoms with Crippen LogP contribution in [0, 0.1) is 23.7 Å². The molecule has 6 heteroatoms. The van der Waals surface area contributed by atoms with Crippen molar-refractivity contribution in [3.63, 3.8) is 0 Å². The van der Waals surface area contributed by atoms with E-state index in [1.165, 1.54) is 12.8 Å². The molecule has 3 N–H and O–H groups in total. The summed E-state index contributed by atoms with van der Waals surface area (Å²) < 4.78 is 12.6. The minimum Gasteiger partial charge on any atom is -0.464 e. The monoisotopic (exact) mass is 460 g/mol. The molecule has 2 aliphatic rings. The van der Waals surface area contributed by atoms with E-state index in [9.17, 15) is 4.79 Å². The van der Waals surface area contributed by atoms with Crippen molar-refractivity contribution in [2.45, 2.75) is 97.8 Å². The Morgan fingerprint density at radius 3 is 2.67 bits per heavy atom. The molecule has 1 aliphatic carbocycles. The van der Waals surface area contributed by atoms with E-state index in [1.807, 2.05) is 25.1 Å². The third-order valence-corrected chi connectivity index (χ3v) is 7.56. The van der Waals surface area contributed by atoms with Crippen molar-refractivity contribution in [3.8, 4) is 5.75 Å². The van der Waals surface area contributed by atoms with E-state index in [4.69, 9.17) is 20.2 Å². The van der Waals surface area contributed by atoms with E-state index < -0.39 is 6.04 Å². The van der Waals surface area contributed by atoms with Crippen molar-refractivity contribution < 1.29 is 19.1 Å². The van der Waals surface area contributed by atoms with Crippen molar-refractivity contribution in [1.82, 2.24) is 0 Å². The Morgan fingerprint density at radius 2 is 2.00 bits per heavy atom. The molecule has 0 amide bonds. The van der Waals surface area contributed by atoms with E-state index in [2.05, 4.69) is 33.0 Å². The van der Waals surface area contributed by atoms with Crippen molar-refractivity contribution in [2.75, 3.05) is 11.9 Å². The zero-order valence-electron chi connectivity index (χ0n) is 21.1. The van der Waals surface area contributed by atoms with Gasteiger partial charge in [-0.1, -0.05) is 53.4 Å². The molecular formula is C27H44N2O4. The summed E-state index contributed by atoms with van der Waals surface area (Å²) in [6.45, 7) is 11.3. The highest BCUT2D eigenvalue weighted by atomic mass is 16.6. The highest BCUT2D eigenvalue weighted by Crippen LogP contribution is 2.47. The predicted molar refractivity (Wildman–Crippen MR) is 132 cm³/mol. The van der Waals surface area contributed by atoms with E-state index in [0.29, 0.717) is 30.1 Å². The molecule has 3 rings (SSSR count). The second-order valence-corrected chi connectivity index (χ2v) is 10.3. The number of hydrogen-bond acceptors (Lipinski definition) is 6. The van der Waals surface area contributed by atoms with Crippen LogP contribution in [-0.2, 0) is 14.3 Å². The number of esters is 1. The summed E-state index contributed by atoms with van der Waals surface area (Å²) in [6.07, 6.45) is 7.67. The first kappa shape index (κ1) is 25.8. The summed E-state index contributed by atoms with van der Waals surface area (Å²) in [5, 5.41) is 3.47. The molecule has 1 aliphatic heterocycles. The largest absolute Gasteiger partial charge is 0.464 e. The van der Waals surface area contributed by atoms with Gasteiger partial charge in [-0.15, -0.1) is 0 Å². The minimum absolute atomic E-state index is 0.0128. The summed E-state index contributed by atoms with van der Waals surface area (Å²) in [4.78, 5) is 18.1.